The molecule has 20 heavy (non-hydrogen) atoms. The lowest BCUT2D eigenvalue weighted by molar-refractivity contribution is -0.0337. The van der Waals surface area contributed by atoms with Gasteiger partial charge in [0.1, 0.15) is 5.60 Å². The molecule has 1 aliphatic heterocycles. The summed E-state index contributed by atoms with van der Waals surface area (Å²) in [5.41, 5.74) is -0.454. The number of alkyl carbamates (subject to hydrolysis) is 1. The maximum absolute atomic E-state index is 11.9. The average Bonchev–Trinajstić information content (AvgIpc) is 2.74. The standard InChI is InChI=1S/C15H28N2O3/c1-5-6-8-16-12-11(10-7-9-19-13(10)12)17-14(18)20-15(2,3)4/h10-13,16H,5-9H2,1-4H3,(H,17,18). The number of nitrogens with one attached hydrogen (secondary N) is 2. The van der Waals surface area contributed by atoms with Gasteiger partial charge in [-0.25, -0.2) is 4.79 Å². The Labute approximate surface area is 121 Å². The molecule has 2 rings (SSSR count). The van der Waals surface area contributed by atoms with Crippen molar-refractivity contribution in [2.75, 3.05) is 13.2 Å². The van der Waals surface area contributed by atoms with E-state index >= 15 is 0 Å². The van der Waals surface area contributed by atoms with Gasteiger partial charge in [0.2, 0.25) is 0 Å². The Morgan fingerprint density at radius 2 is 2.10 bits per heavy atom. The van der Waals surface area contributed by atoms with E-state index < -0.39 is 5.60 Å². The van der Waals surface area contributed by atoms with Crippen molar-refractivity contribution in [1.82, 2.24) is 10.6 Å². The average molecular weight is 284 g/mol. The number of hydrogen-bond acceptors (Lipinski definition) is 4. The Kier molecular flexibility index (Phi) is 4.91. The third-order valence-corrected chi connectivity index (χ3v) is 3.98. The molecule has 0 aromatic carbocycles. The van der Waals surface area contributed by atoms with Crippen molar-refractivity contribution in [2.45, 2.75) is 70.7 Å². The molecule has 4 unspecified atom stereocenters. The number of carbonyl (C=O) groups is 1. The Bertz CT molecular complexity index is 341. The monoisotopic (exact) mass is 284 g/mol. The van der Waals surface area contributed by atoms with Crippen LogP contribution in [0.5, 0.6) is 0 Å². The van der Waals surface area contributed by atoms with Gasteiger partial charge in [0.05, 0.1) is 18.2 Å². The maximum atomic E-state index is 11.9. The molecule has 0 spiro atoms. The third kappa shape index (κ3) is 3.64. The fourth-order valence-electron chi connectivity index (χ4n) is 3.04. The fourth-order valence-corrected chi connectivity index (χ4v) is 3.04. The molecule has 1 amide bonds. The van der Waals surface area contributed by atoms with Crippen LogP contribution in [-0.2, 0) is 9.47 Å². The van der Waals surface area contributed by atoms with Crippen LogP contribution in [0.3, 0.4) is 0 Å². The van der Waals surface area contributed by atoms with E-state index in [1.54, 1.807) is 0 Å². The third-order valence-electron chi connectivity index (χ3n) is 3.98. The molecule has 5 heteroatoms. The zero-order valence-corrected chi connectivity index (χ0v) is 13.1. The van der Waals surface area contributed by atoms with Crippen molar-refractivity contribution in [3.63, 3.8) is 0 Å². The number of ether oxygens (including phenoxy) is 2. The smallest absolute Gasteiger partial charge is 0.407 e. The Balaban J connectivity index is 1.85. The summed E-state index contributed by atoms with van der Waals surface area (Å²) in [6.45, 7) is 9.59. The maximum Gasteiger partial charge on any atom is 0.407 e. The minimum Gasteiger partial charge on any atom is -0.444 e. The van der Waals surface area contributed by atoms with Gasteiger partial charge in [0.25, 0.3) is 0 Å². The van der Waals surface area contributed by atoms with Gasteiger partial charge < -0.3 is 20.1 Å². The van der Waals surface area contributed by atoms with Gasteiger partial charge >= 0.3 is 6.09 Å². The molecule has 1 heterocycles. The summed E-state index contributed by atoms with van der Waals surface area (Å²) < 4.78 is 11.1. The zero-order valence-electron chi connectivity index (χ0n) is 13.1. The van der Waals surface area contributed by atoms with Gasteiger partial charge in [-0.3, -0.25) is 0 Å². The number of fused-ring (bicyclic) bond motifs is 1. The van der Waals surface area contributed by atoms with E-state index in [9.17, 15) is 4.79 Å². The van der Waals surface area contributed by atoms with Gasteiger partial charge in [-0.15, -0.1) is 0 Å². The van der Waals surface area contributed by atoms with Crippen LogP contribution in [0.4, 0.5) is 4.79 Å². The van der Waals surface area contributed by atoms with Gasteiger partial charge in [-0.1, -0.05) is 13.3 Å². The quantitative estimate of drug-likeness (QED) is 0.759. The molecule has 0 bridgehead atoms. The Hall–Kier alpha value is -0.810. The molecule has 2 N–H and O–H groups in total. The van der Waals surface area contributed by atoms with Gasteiger partial charge in [0, 0.05) is 12.5 Å². The molecule has 0 radical (unpaired) electrons. The number of hydrogen-bond donors (Lipinski definition) is 2. The predicted octanol–water partition coefficient (Wildman–Crippen LogP) is 2.06. The molecule has 4 atom stereocenters. The van der Waals surface area contributed by atoms with Gasteiger partial charge in [-0.05, 0) is 40.2 Å². The topological polar surface area (TPSA) is 59.6 Å². The molecule has 0 aromatic heterocycles. The van der Waals surface area contributed by atoms with E-state index in [2.05, 4.69) is 17.6 Å². The highest BCUT2D eigenvalue weighted by Crippen LogP contribution is 2.39. The second-order valence-corrected chi connectivity index (χ2v) is 6.79. The first-order valence-electron chi connectivity index (χ1n) is 7.77. The molecule has 2 fully saturated rings. The number of unbranched alkanes of at least 4 members (excludes halogenated alkanes) is 1. The molecule has 2 aliphatic rings. The van der Waals surface area contributed by atoms with Crippen LogP contribution in [-0.4, -0.2) is 43.0 Å². The molecule has 5 nitrogen and oxygen atoms in total. The van der Waals surface area contributed by atoms with Gasteiger partial charge in [0.15, 0.2) is 0 Å². The van der Waals surface area contributed by atoms with Gasteiger partial charge in [-0.2, -0.15) is 0 Å². The van der Waals surface area contributed by atoms with E-state index in [-0.39, 0.29) is 24.3 Å². The van der Waals surface area contributed by atoms with Crippen LogP contribution >= 0.6 is 0 Å². The molecular formula is C15H28N2O3. The van der Waals surface area contributed by atoms with Crippen molar-refractivity contribution >= 4 is 6.09 Å². The summed E-state index contributed by atoms with van der Waals surface area (Å²) in [5.74, 6) is 0.432. The molecule has 116 valence electrons. The first kappa shape index (κ1) is 15.6. The highest BCUT2D eigenvalue weighted by molar-refractivity contribution is 5.68. The molecule has 1 saturated carbocycles. The number of amides is 1. The Morgan fingerprint density at radius 1 is 1.35 bits per heavy atom. The summed E-state index contributed by atoms with van der Waals surface area (Å²) in [7, 11) is 0. The van der Waals surface area contributed by atoms with Crippen LogP contribution in [0.2, 0.25) is 0 Å². The highest BCUT2D eigenvalue weighted by Gasteiger charge is 2.54. The summed E-state index contributed by atoms with van der Waals surface area (Å²) in [6, 6.07) is 0.357. The van der Waals surface area contributed by atoms with Crippen LogP contribution < -0.4 is 10.6 Å². The zero-order chi connectivity index (χ0) is 14.8. The molecule has 1 saturated heterocycles. The van der Waals surface area contributed by atoms with Crippen LogP contribution in [0.1, 0.15) is 47.0 Å². The van der Waals surface area contributed by atoms with Crippen LogP contribution in [0.15, 0.2) is 0 Å². The summed E-state index contributed by atoms with van der Waals surface area (Å²) in [4.78, 5) is 11.9. The highest BCUT2D eigenvalue weighted by atomic mass is 16.6. The molecule has 0 aromatic rings. The second-order valence-electron chi connectivity index (χ2n) is 6.79. The molecule has 1 aliphatic carbocycles. The van der Waals surface area contributed by atoms with E-state index in [1.807, 2.05) is 20.8 Å². The Morgan fingerprint density at radius 3 is 2.75 bits per heavy atom. The van der Waals surface area contributed by atoms with E-state index in [0.29, 0.717) is 5.92 Å². The van der Waals surface area contributed by atoms with Crippen LogP contribution in [0.25, 0.3) is 0 Å². The van der Waals surface area contributed by atoms with Crippen molar-refractivity contribution in [2.24, 2.45) is 5.92 Å². The normalized spacial score (nSPS) is 32.4. The lowest BCUT2D eigenvalue weighted by atomic mass is 9.71. The SMILES string of the molecule is CCCCNC1C(NC(=O)OC(C)(C)C)C2CCOC21. The largest absolute Gasteiger partial charge is 0.444 e. The summed E-state index contributed by atoms with van der Waals surface area (Å²) >= 11 is 0. The van der Waals surface area contributed by atoms with E-state index in [1.165, 1.54) is 6.42 Å². The number of carbonyl (C=O) groups excluding carboxylic acids is 1. The first-order chi connectivity index (χ1) is 9.42. The molecular weight excluding hydrogens is 256 g/mol. The number of rotatable bonds is 5. The second kappa shape index (κ2) is 6.31. The summed E-state index contributed by atoms with van der Waals surface area (Å²) in [6.07, 6.45) is 3.27. The van der Waals surface area contributed by atoms with Crippen LogP contribution in [0, 0.1) is 5.92 Å². The minimum absolute atomic E-state index is 0.134. The van der Waals surface area contributed by atoms with E-state index in [4.69, 9.17) is 9.47 Å². The first-order valence-corrected chi connectivity index (χ1v) is 7.77. The van der Waals surface area contributed by atoms with E-state index in [0.717, 1.165) is 26.0 Å². The lowest BCUT2D eigenvalue weighted by Gasteiger charge is -2.48. The van der Waals surface area contributed by atoms with Crippen molar-refractivity contribution in [3.05, 3.63) is 0 Å². The lowest BCUT2D eigenvalue weighted by Crippen LogP contribution is -2.70. The minimum atomic E-state index is -0.454. The van der Waals surface area contributed by atoms with Crippen molar-refractivity contribution in [1.29, 1.82) is 0 Å². The van der Waals surface area contributed by atoms with Crippen molar-refractivity contribution in [3.8, 4) is 0 Å². The van der Waals surface area contributed by atoms with Crippen molar-refractivity contribution < 1.29 is 14.3 Å². The summed E-state index contributed by atoms with van der Waals surface area (Å²) in [5, 5.41) is 6.53. The fraction of sp³-hybridized carbons (Fsp3) is 0.933. The predicted molar refractivity (Wildman–Crippen MR) is 77.7 cm³/mol.